The largest absolute Gasteiger partial charge is 0.506 e. The van der Waals surface area contributed by atoms with Crippen molar-refractivity contribution in [1.29, 1.82) is 0 Å². The van der Waals surface area contributed by atoms with Crippen molar-refractivity contribution in [3.63, 3.8) is 0 Å². The van der Waals surface area contributed by atoms with Gasteiger partial charge in [-0.25, -0.2) is 4.99 Å². The highest BCUT2D eigenvalue weighted by atomic mass is 32.2. The van der Waals surface area contributed by atoms with E-state index in [1.807, 2.05) is 6.92 Å². The number of hydrogen-bond donors (Lipinski definition) is 3. The summed E-state index contributed by atoms with van der Waals surface area (Å²) >= 11 is 1.15. The Labute approximate surface area is 160 Å². The zero-order chi connectivity index (χ0) is 19.6. The number of ether oxygens (including phenoxy) is 2. The lowest BCUT2D eigenvalue weighted by atomic mass is 10.1. The maximum atomic E-state index is 12.3. The molecule has 1 saturated heterocycles. The summed E-state index contributed by atoms with van der Waals surface area (Å²) in [5, 5.41) is 22.9. The fraction of sp³-hybridized carbons (Fsp3) is 0.158. The molecular weight excluding hydrogens is 368 g/mol. The third kappa shape index (κ3) is 4.01. The van der Waals surface area contributed by atoms with Crippen LogP contribution in [0.4, 0.5) is 5.69 Å². The molecule has 0 bridgehead atoms. The number of carbonyl (C=O) groups excluding carboxylic acids is 1. The minimum absolute atomic E-state index is 0.0355. The predicted molar refractivity (Wildman–Crippen MR) is 105 cm³/mol. The van der Waals surface area contributed by atoms with Crippen LogP contribution in [0.25, 0.3) is 6.08 Å². The van der Waals surface area contributed by atoms with Gasteiger partial charge in [0.25, 0.3) is 5.91 Å². The number of amidine groups is 1. The van der Waals surface area contributed by atoms with Crippen LogP contribution in [0, 0.1) is 6.92 Å². The zero-order valence-corrected chi connectivity index (χ0v) is 15.8. The van der Waals surface area contributed by atoms with Gasteiger partial charge in [-0.3, -0.25) is 4.79 Å². The number of nitrogens with zero attached hydrogens (tertiary/aromatic N) is 1. The van der Waals surface area contributed by atoms with Crippen molar-refractivity contribution in [3.8, 4) is 23.0 Å². The molecule has 1 fully saturated rings. The maximum Gasteiger partial charge on any atom is 0.264 e. The summed E-state index contributed by atoms with van der Waals surface area (Å²) in [6.45, 7) is 1.89. The van der Waals surface area contributed by atoms with Crippen molar-refractivity contribution in [2.45, 2.75) is 6.92 Å². The number of phenols is 2. The van der Waals surface area contributed by atoms with Crippen molar-refractivity contribution in [2.75, 3.05) is 14.2 Å². The summed E-state index contributed by atoms with van der Waals surface area (Å²) in [7, 11) is 2.86. The Bertz CT molecular complexity index is 944. The number of thioether (sulfide) groups is 1. The number of aliphatic imine (C=N–C) groups is 1. The van der Waals surface area contributed by atoms with Gasteiger partial charge in [0, 0.05) is 0 Å². The predicted octanol–water partition coefficient (Wildman–Crippen LogP) is 3.32. The number of aryl methyl sites for hydroxylation is 1. The van der Waals surface area contributed by atoms with E-state index in [1.54, 1.807) is 36.4 Å². The van der Waals surface area contributed by atoms with Crippen molar-refractivity contribution >= 4 is 34.6 Å². The first kappa shape index (κ1) is 18.7. The molecule has 0 unspecified atom stereocenters. The maximum absolute atomic E-state index is 12.3. The molecule has 1 aliphatic rings. The zero-order valence-electron chi connectivity index (χ0n) is 14.9. The van der Waals surface area contributed by atoms with Gasteiger partial charge in [-0.2, -0.15) is 0 Å². The average molecular weight is 386 g/mol. The Morgan fingerprint density at radius 1 is 1.11 bits per heavy atom. The van der Waals surface area contributed by atoms with Crippen molar-refractivity contribution in [1.82, 2.24) is 5.32 Å². The second kappa shape index (κ2) is 7.63. The molecule has 2 aromatic rings. The molecule has 8 heteroatoms. The van der Waals surface area contributed by atoms with Crippen molar-refractivity contribution < 1.29 is 24.5 Å². The van der Waals surface area contributed by atoms with E-state index < -0.39 is 0 Å². The summed E-state index contributed by atoms with van der Waals surface area (Å²) in [5.74, 6) is 0.0968. The Kier molecular flexibility index (Phi) is 5.27. The fourth-order valence-corrected chi connectivity index (χ4v) is 3.30. The van der Waals surface area contributed by atoms with E-state index >= 15 is 0 Å². The molecule has 0 aromatic heterocycles. The van der Waals surface area contributed by atoms with E-state index in [-0.39, 0.29) is 28.9 Å². The number of amides is 1. The van der Waals surface area contributed by atoms with Crippen LogP contribution in [0.3, 0.4) is 0 Å². The molecule has 1 aliphatic heterocycles. The number of rotatable bonds is 4. The van der Waals surface area contributed by atoms with E-state index in [2.05, 4.69) is 10.3 Å². The minimum atomic E-state index is -0.308. The summed E-state index contributed by atoms with van der Waals surface area (Å²) < 4.78 is 10.3. The molecule has 0 atom stereocenters. The molecule has 3 rings (SSSR count). The second-order valence-electron chi connectivity index (χ2n) is 5.75. The Morgan fingerprint density at radius 3 is 2.41 bits per heavy atom. The summed E-state index contributed by atoms with van der Waals surface area (Å²) in [6.07, 6.45) is 1.64. The lowest BCUT2D eigenvalue weighted by Crippen LogP contribution is -2.19. The second-order valence-corrected chi connectivity index (χ2v) is 6.78. The molecule has 0 saturated carbocycles. The third-order valence-corrected chi connectivity index (χ3v) is 4.71. The summed E-state index contributed by atoms with van der Waals surface area (Å²) in [4.78, 5) is 17.0. The Balaban J connectivity index is 1.92. The van der Waals surface area contributed by atoms with Gasteiger partial charge in [0.05, 0.1) is 19.1 Å². The summed E-state index contributed by atoms with van der Waals surface area (Å²) in [5.41, 5.74) is 1.95. The number of methoxy groups -OCH3 is 2. The lowest BCUT2D eigenvalue weighted by Gasteiger charge is -2.09. The first-order valence-electron chi connectivity index (χ1n) is 7.95. The topological polar surface area (TPSA) is 100 Å². The molecule has 0 radical (unpaired) electrons. The number of aromatic hydroxyl groups is 2. The van der Waals surface area contributed by atoms with Gasteiger partial charge < -0.3 is 25.0 Å². The monoisotopic (exact) mass is 386 g/mol. The highest BCUT2D eigenvalue weighted by molar-refractivity contribution is 8.18. The number of hydrogen-bond acceptors (Lipinski definition) is 7. The average Bonchev–Trinajstić information content (AvgIpc) is 2.98. The molecule has 3 N–H and O–H groups in total. The molecule has 2 aromatic carbocycles. The van der Waals surface area contributed by atoms with Gasteiger partial charge >= 0.3 is 0 Å². The van der Waals surface area contributed by atoms with Crippen LogP contribution in [0.15, 0.2) is 40.2 Å². The van der Waals surface area contributed by atoms with E-state index in [0.717, 1.165) is 17.3 Å². The molecule has 27 heavy (non-hydrogen) atoms. The molecule has 1 heterocycles. The van der Waals surface area contributed by atoms with Gasteiger partial charge in [0.2, 0.25) is 5.75 Å². The number of carbonyl (C=O) groups is 1. The number of nitrogens with one attached hydrogen (secondary N) is 1. The van der Waals surface area contributed by atoms with Gasteiger partial charge in [0.1, 0.15) is 11.4 Å². The normalized spacial score (nSPS) is 16.6. The minimum Gasteiger partial charge on any atom is -0.506 e. The Morgan fingerprint density at radius 2 is 1.78 bits per heavy atom. The van der Waals surface area contributed by atoms with Gasteiger partial charge in [-0.15, -0.1) is 0 Å². The van der Waals surface area contributed by atoms with Crippen molar-refractivity contribution in [2.24, 2.45) is 4.99 Å². The molecular formula is C19H18N2O5S. The lowest BCUT2D eigenvalue weighted by molar-refractivity contribution is -0.115. The highest BCUT2D eigenvalue weighted by Crippen LogP contribution is 2.39. The Hall–Kier alpha value is -3.13. The van der Waals surface area contributed by atoms with Crippen LogP contribution in [0.2, 0.25) is 0 Å². The van der Waals surface area contributed by atoms with E-state index in [0.29, 0.717) is 21.3 Å². The van der Waals surface area contributed by atoms with Crippen molar-refractivity contribution in [3.05, 3.63) is 46.4 Å². The van der Waals surface area contributed by atoms with E-state index in [1.165, 1.54) is 14.2 Å². The van der Waals surface area contributed by atoms with Crippen LogP contribution >= 0.6 is 11.8 Å². The smallest absolute Gasteiger partial charge is 0.264 e. The van der Waals surface area contributed by atoms with Crippen LogP contribution in [0.1, 0.15) is 11.1 Å². The number of benzene rings is 2. The van der Waals surface area contributed by atoms with Crippen LogP contribution in [-0.4, -0.2) is 35.5 Å². The quantitative estimate of drug-likeness (QED) is 0.697. The van der Waals surface area contributed by atoms with Gasteiger partial charge in [-0.1, -0.05) is 6.07 Å². The highest BCUT2D eigenvalue weighted by Gasteiger charge is 2.24. The molecule has 0 aliphatic carbocycles. The fourth-order valence-electron chi connectivity index (χ4n) is 2.46. The SMILES string of the molecule is COc1cc(/C=C2\SC(=Nc3cc(C)ccc3O)NC2=O)cc(OC)c1O. The van der Waals surface area contributed by atoms with Crippen LogP contribution < -0.4 is 14.8 Å². The van der Waals surface area contributed by atoms with Crippen LogP contribution in [0.5, 0.6) is 23.0 Å². The third-order valence-electron chi connectivity index (χ3n) is 3.80. The van der Waals surface area contributed by atoms with E-state index in [9.17, 15) is 15.0 Å². The first-order valence-corrected chi connectivity index (χ1v) is 8.77. The summed E-state index contributed by atoms with van der Waals surface area (Å²) in [6, 6.07) is 8.26. The number of phenolic OH excluding ortho intramolecular Hbond substituents is 2. The molecule has 140 valence electrons. The van der Waals surface area contributed by atoms with Gasteiger partial charge in [0.15, 0.2) is 16.7 Å². The molecule has 0 spiro atoms. The first-order chi connectivity index (χ1) is 12.9. The van der Waals surface area contributed by atoms with Gasteiger partial charge in [-0.05, 0) is 60.2 Å². The van der Waals surface area contributed by atoms with Crippen LogP contribution in [-0.2, 0) is 4.79 Å². The van der Waals surface area contributed by atoms with E-state index in [4.69, 9.17) is 9.47 Å². The molecule has 1 amide bonds. The standard InChI is InChI=1S/C19H18N2O5S/c1-10-4-5-13(22)12(6-10)20-19-21-18(24)16(27-19)9-11-7-14(25-2)17(23)15(8-11)26-3/h4-9,22-23H,1-3H3,(H,20,21,24)/b16-9-. The molecule has 7 nitrogen and oxygen atoms in total.